The molecular weight excluding hydrogens is 226 g/mol. The summed E-state index contributed by atoms with van der Waals surface area (Å²) in [6.07, 6.45) is 11.5. The number of nitrogens with zero attached hydrogens (tertiary/aromatic N) is 1. The van der Waals surface area contributed by atoms with E-state index in [1.54, 1.807) is 0 Å². The van der Waals surface area contributed by atoms with Crippen LogP contribution in [0.3, 0.4) is 0 Å². The molecule has 0 saturated carbocycles. The summed E-state index contributed by atoms with van der Waals surface area (Å²) in [5, 5.41) is 0. The van der Waals surface area contributed by atoms with Crippen molar-refractivity contribution in [3.05, 3.63) is 0 Å². The molecule has 1 saturated heterocycles. The van der Waals surface area contributed by atoms with Crippen molar-refractivity contribution in [3.8, 4) is 0 Å². The average molecular weight is 257 g/mol. The third-order valence-corrected chi connectivity index (χ3v) is 3.59. The Hall–Kier alpha value is -0.160. The molecule has 1 atom stereocenters. The minimum absolute atomic E-state index is 0.134. The highest BCUT2D eigenvalue weighted by Crippen LogP contribution is 2.09. The van der Waals surface area contributed by atoms with Crippen LogP contribution >= 0.6 is 0 Å². The number of hydrogen-bond donors (Lipinski definition) is 2. The first-order chi connectivity index (χ1) is 8.84. The molecule has 0 aliphatic carbocycles. The Morgan fingerprint density at radius 2 is 1.72 bits per heavy atom. The molecule has 0 bridgehead atoms. The predicted octanol–water partition coefficient (Wildman–Crippen LogP) is 2.60. The Kier molecular flexibility index (Phi) is 9.48. The van der Waals surface area contributed by atoms with Gasteiger partial charge in [0.05, 0.1) is 6.61 Å². The minimum Gasteiger partial charge on any atom is -0.302 e. The van der Waals surface area contributed by atoms with Crippen molar-refractivity contribution in [2.75, 3.05) is 19.7 Å². The van der Waals surface area contributed by atoms with Crippen molar-refractivity contribution >= 4 is 0 Å². The molecule has 108 valence electrons. The number of nitrogens with one attached hydrogen (secondary N) is 1. The van der Waals surface area contributed by atoms with Crippen LogP contribution in [0, 0.1) is 0 Å². The summed E-state index contributed by atoms with van der Waals surface area (Å²) < 4.78 is 0. The summed E-state index contributed by atoms with van der Waals surface area (Å²) in [6.45, 7) is 5.20. The quantitative estimate of drug-likeness (QED) is 0.359. The van der Waals surface area contributed by atoms with E-state index in [1.165, 1.54) is 51.4 Å². The number of hydrogen-bond acceptors (Lipinski definition) is 4. The van der Waals surface area contributed by atoms with Crippen molar-refractivity contribution in [2.24, 2.45) is 5.73 Å². The van der Waals surface area contributed by atoms with Crippen LogP contribution in [0.5, 0.6) is 0 Å². The van der Waals surface area contributed by atoms with Gasteiger partial charge in [-0.25, -0.2) is 0 Å². The Bertz CT molecular complexity index is 184. The van der Waals surface area contributed by atoms with Crippen LogP contribution in [-0.4, -0.2) is 30.9 Å². The van der Waals surface area contributed by atoms with E-state index in [0.29, 0.717) is 0 Å². The zero-order chi connectivity index (χ0) is 13.1. The van der Waals surface area contributed by atoms with Gasteiger partial charge in [-0.3, -0.25) is 9.74 Å². The van der Waals surface area contributed by atoms with Gasteiger partial charge in [-0.15, -0.1) is 0 Å². The van der Waals surface area contributed by atoms with Crippen molar-refractivity contribution in [2.45, 2.75) is 71.0 Å². The Balaban J connectivity index is 1.87. The summed E-state index contributed by atoms with van der Waals surface area (Å²) >= 11 is 0. The van der Waals surface area contributed by atoms with E-state index in [9.17, 15) is 0 Å². The standard InChI is InChI=1S/C14H31N3O/c1-2-3-4-5-6-10-13-18-16-14(15)17-11-8-7-9-12-17/h14,16H,2-13,15H2,1H3. The molecule has 0 aromatic carbocycles. The van der Waals surface area contributed by atoms with Crippen LogP contribution in [0.15, 0.2) is 0 Å². The number of unbranched alkanes of at least 4 members (excludes halogenated alkanes) is 5. The van der Waals surface area contributed by atoms with Crippen LogP contribution in [0.4, 0.5) is 0 Å². The smallest absolute Gasteiger partial charge is 0.134 e. The van der Waals surface area contributed by atoms with Gasteiger partial charge in [0.15, 0.2) is 0 Å². The van der Waals surface area contributed by atoms with Crippen molar-refractivity contribution in [1.29, 1.82) is 0 Å². The van der Waals surface area contributed by atoms with Gasteiger partial charge in [-0.1, -0.05) is 45.4 Å². The number of likely N-dealkylation sites (tertiary alicyclic amines) is 1. The molecule has 4 nitrogen and oxygen atoms in total. The lowest BCUT2D eigenvalue weighted by molar-refractivity contribution is -0.0378. The molecule has 0 aromatic rings. The number of nitrogens with two attached hydrogens (primary N) is 1. The lowest BCUT2D eigenvalue weighted by Crippen LogP contribution is -2.53. The second-order valence-electron chi connectivity index (χ2n) is 5.28. The Morgan fingerprint density at radius 1 is 1.06 bits per heavy atom. The second kappa shape index (κ2) is 10.7. The molecular formula is C14H31N3O. The van der Waals surface area contributed by atoms with Gasteiger partial charge < -0.3 is 5.73 Å². The van der Waals surface area contributed by atoms with Crippen molar-refractivity contribution < 1.29 is 4.84 Å². The SMILES string of the molecule is CCCCCCCCONC(N)N1CCCCC1. The molecule has 1 fully saturated rings. The molecule has 0 aromatic heterocycles. The number of piperidine rings is 1. The van der Waals surface area contributed by atoms with E-state index in [2.05, 4.69) is 17.3 Å². The summed E-state index contributed by atoms with van der Waals surface area (Å²) in [5.74, 6) is 0. The largest absolute Gasteiger partial charge is 0.302 e. The first-order valence-corrected chi connectivity index (χ1v) is 7.71. The maximum atomic E-state index is 6.02. The summed E-state index contributed by atoms with van der Waals surface area (Å²) in [4.78, 5) is 7.69. The number of rotatable bonds is 10. The van der Waals surface area contributed by atoms with Crippen molar-refractivity contribution in [3.63, 3.8) is 0 Å². The van der Waals surface area contributed by atoms with E-state index in [0.717, 1.165) is 26.1 Å². The zero-order valence-electron chi connectivity index (χ0n) is 12.0. The molecule has 0 amide bonds. The third kappa shape index (κ3) is 7.31. The van der Waals surface area contributed by atoms with Gasteiger partial charge >= 0.3 is 0 Å². The molecule has 1 unspecified atom stereocenters. The molecule has 18 heavy (non-hydrogen) atoms. The molecule has 1 aliphatic heterocycles. The lowest BCUT2D eigenvalue weighted by atomic mass is 10.1. The second-order valence-corrected chi connectivity index (χ2v) is 5.28. The first-order valence-electron chi connectivity index (χ1n) is 7.71. The topological polar surface area (TPSA) is 50.5 Å². The maximum absolute atomic E-state index is 6.02. The van der Waals surface area contributed by atoms with Gasteiger partial charge in [0, 0.05) is 13.1 Å². The van der Waals surface area contributed by atoms with Crippen LogP contribution in [0.2, 0.25) is 0 Å². The van der Waals surface area contributed by atoms with Crippen LogP contribution < -0.4 is 11.2 Å². The highest BCUT2D eigenvalue weighted by Gasteiger charge is 2.16. The molecule has 3 N–H and O–H groups in total. The van der Waals surface area contributed by atoms with Gasteiger partial charge in [0.2, 0.25) is 0 Å². The van der Waals surface area contributed by atoms with Gasteiger partial charge in [-0.05, 0) is 19.3 Å². The van der Waals surface area contributed by atoms with Crippen molar-refractivity contribution in [1.82, 2.24) is 10.4 Å². The number of hydroxylamine groups is 1. The third-order valence-electron chi connectivity index (χ3n) is 3.59. The first kappa shape index (κ1) is 15.9. The molecule has 0 radical (unpaired) electrons. The molecule has 1 aliphatic rings. The predicted molar refractivity (Wildman–Crippen MR) is 75.9 cm³/mol. The van der Waals surface area contributed by atoms with Gasteiger partial charge in [0.25, 0.3) is 0 Å². The van der Waals surface area contributed by atoms with E-state index in [1.807, 2.05) is 0 Å². The summed E-state index contributed by atoms with van der Waals surface area (Å²) in [7, 11) is 0. The summed E-state index contributed by atoms with van der Waals surface area (Å²) in [5.41, 5.74) is 8.98. The Morgan fingerprint density at radius 3 is 2.44 bits per heavy atom. The van der Waals surface area contributed by atoms with Crippen LogP contribution in [0.25, 0.3) is 0 Å². The van der Waals surface area contributed by atoms with E-state index in [4.69, 9.17) is 10.6 Å². The van der Waals surface area contributed by atoms with Gasteiger partial charge in [-0.2, -0.15) is 5.48 Å². The normalized spacial score (nSPS) is 19.0. The highest BCUT2D eigenvalue weighted by atomic mass is 16.6. The Labute approximate surface area is 112 Å². The highest BCUT2D eigenvalue weighted by molar-refractivity contribution is 4.66. The molecule has 0 spiro atoms. The molecule has 1 heterocycles. The molecule has 4 heteroatoms. The van der Waals surface area contributed by atoms with E-state index in [-0.39, 0.29) is 6.29 Å². The van der Waals surface area contributed by atoms with Gasteiger partial charge in [0.1, 0.15) is 6.29 Å². The fourth-order valence-electron chi connectivity index (χ4n) is 2.37. The fraction of sp³-hybridized carbons (Fsp3) is 1.00. The summed E-state index contributed by atoms with van der Waals surface area (Å²) in [6, 6.07) is 0. The maximum Gasteiger partial charge on any atom is 0.134 e. The van der Waals surface area contributed by atoms with Crippen LogP contribution in [0.1, 0.15) is 64.7 Å². The zero-order valence-corrected chi connectivity index (χ0v) is 12.0. The minimum atomic E-state index is -0.134. The fourth-order valence-corrected chi connectivity index (χ4v) is 2.37. The van der Waals surface area contributed by atoms with E-state index < -0.39 is 0 Å². The average Bonchev–Trinajstić information content (AvgIpc) is 2.42. The monoisotopic (exact) mass is 257 g/mol. The molecule has 1 rings (SSSR count). The lowest BCUT2D eigenvalue weighted by Gasteiger charge is -2.31. The van der Waals surface area contributed by atoms with Crippen LogP contribution in [-0.2, 0) is 4.84 Å². The van der Waals surface area contributed by atoms with E-state index >= 15 is 0 Å².